The molecule has 0 saturated carbocycles. The zero-order valence-electron chi connectivity index (χ0n) is 16.4. The van der Waals surface area contributed by atoms with Gasteiger partial charge in [-0.1, -0.05) is 38.1 Å². The Bertz CT molecular complexity index is 674. The fourth-order valence-corrected chi connectivity index (χ4v) is 3.96. The highest BCUT2D eigenvalue weighted by atomic mass is 16.3. The van der Waals surface area contributed by atoms with Gasteiger partial charge >= 0.3 is 0 Å². The average molecular weight is 373 g/mol. The zero-order chi connectivity index (χ0) is 19.4. The molecule has 0 spiro atoms. The van der Waals surface area contributed by atoms with Crippen molar-refractivity contribution < 1.29 is 14.7 Å². The van der Waals surface area contributed by atoms with Crippen LogP contribution in [-0.4, -0.2) is 65.0 Å². The third-order valence-corrected chi connectivity index (χ3v) is 5.55. The summed E-state index contributed by atoms with van der Waals surface area (Å²) in [7, 11) is 0. The Morgan fingerprint density at radius 2 is 1.89 bits per heavy atom. The largest absolute Gasteiger partial charge is 0.379 e. The van der Waals surface area contributed by atoms with Gasteiger partial charge in [0.1, 0.15) is 0 Å². The number of benzene rings is 1. The van der Waals surface area contributed by atoms with Gasteiger partial charge in [-0.25, -0.2) is 0 Å². The second-order valence-electron chi connectivity index (χ2n) is 8.17. The summed E-state index contributed by atoms with van der Waals surface area (Å²) in [6.07, 6.45) is 2.06. The lowest BCUT2D eigenvalue weighted by molar-refractivity contribution is -0.160. The van der Waals surface area contributed by atoms with Crippen molar-refractivity contribution in [3.63, 3.8) is 0 Å². The molecule has 2 aliphatic rings. The van der Waals surface area contributed by atoms with E-state index in [1.165, 1.54) is 5.56 Å². The number of aliphatic hydroxyl groups is 1. The Morgan fingerprint density at radius 1 is 1.15 bits per heavy atom. The van der Waals surface area contributed by atoms with Gasteiger partial charge in [-0.2, -0.15) is 0 Å². The number of carbonyl (C=O) groups is 2. The van der Waals surface area contributed by atoms with E-state index in [4.69, 9.17) is 0 Å². The smallest absolute Gasteiger partial charge is 0.256 e. The van der Waals surface area contributed by atoms with Crippen LogP contribution in [0.1, 0.15) is 50.2 Å². The Morgan fingerprint density at radius 3 is 2.59 bits per heavy atom. The van der Waals surface area contributed by atoms with E-state index in [0.29, 0.717) is 38.5 Å². The summed E-state index contributed by atoms with van der Waals surface area (Å²) in [6.45, 7) is 7.33. The van der Waals surface area contributed by atoms with E-state index in [9.17, 15) is 14.7 Å². The van der Waals surface area contributed by atoms with Crippen molar-refractivity contribution in [2.75, 3.05) is 32.7 Å². The van der Waals surface area contributed by atoms with Gasteiger partial charge in [0.2, 0.25) is 5.91 Å². The summed E-state index contributed by atoms with van der Waals surface area (Å²) in [4.78, 5) is 28.4. The molecule has 0 bridgehead atoms. The molecule has 2 heterocycles. The van der Waals surface area contributed by atoms with Crippen LogP contribution in [0.2, 0.25) is 0 Å². The van der Waals surface area contributed by atoms with Crippen LogP contribution in [-0.2, 0) is 16.1 Å². The number of likely N-dealkylation sites (tertiary alicyclic amines) is 1. The van der Waals surface area contributed by atoms with Crippen molar-refractivity contribution in [1.82, 2.24) is 15.1 Å². The number of piperidine rings is 1. The summed E-state index contributed by atoms with van der Waals surface area (Å²) in [5.41, 5.74) is 0.951. The third kappa shape index (κ3) is 4.87. The Kier molecular flexibility index (Phi) is 6.17. The Hall–Kier alpha value is -1.92. The lowest BCUT2D eigenvalue weighted by Crippen LogP contribution is -2.58. The highest BCUT2D eigenvalue weighted by Crippen LogP contribution is 2.26. The first kappa shape index (κ1) is 19.8. The first-order chi connectivity index (χ1) is 12.9. The number of amides is 2. The van der Waals surface area contributed by atoms with E-state index in [1.807, 2.05) is 4.90 Å². The van der Waals surface area contributed by atoms with Crippen molar-refractivity contribution in [3.05, 3.63) is 35.4 Å². The van der Waals surface area contributed by atoms with Gasteiger partial charge in [-0.05, 0) is 36.3 Å². The predicted molar refractivity (Wildman–Crippen MR) is 104 cm³/mol. The molecular formula is C21H31N3O3. The van der Waals surface area contributed by atoms with Crippen LogP contribution in [0.5, 0.6) is 0 Å². The Labute approximate surface area is 161 Å². The summed E-state index contributed by atoms with van der Waals surface area (Å²) < 4.78 is 0. The van der Waals surface area contributed by atoms with Gasteiger partial charge in [0.15, 0.2) is 5.60 Å². The maximum atomic E-state index is 13.0. The number of carbonyl (C=O) groups excluding carboxylic acids is 2. The maximum Gasteiger partial charge on any atom is 0.256 e. The summed E-state index contributed by atoms with van der Waals surface area (Å²) in [5, 5.41) is 13.9. The normalized spacial score (nSPS) is 24.8. The van der Waals surface area contributed by atoms with E-state index < -0.39 is 5.60 Å². The highest BCUT2D eigenvalue weighted by molar-refractivity contribution is 5.86. The van der Waals surface area contributed by atoms with Crippen LogP contribution in [0.25, 0.3) is 0 Å². The van der Waals surface area contributed by atoms with E-state index in [2.05, 4.69) is 43.4 Å². The van der Waals surface area contributed by atoms with Crippen LogP contribution in [0, 0.1) is 0 Å². The SMILES string of the molecule is CC(C)c1ccc(CN2CCCC(O)(CN3CCCNC(=O)C3)C2=O)cc1. The summed E-state index contributed by atoms with van der Waals surface area (Å²) in [5.74, 6) is 0.222. The van der Waals surface area contributed by atoms with Gasteiger partial charge < -0.3 is 15.3 Å². The van der Waals surface area contributed by atoms with Crippen molar-refractivity contribution >= 4 is 11.8 Å². The van der Waals surface area contributed by atoms with Crippen LogP contribution in [0.3, 0.4) is 0 Å². The molecule has 6 heteroatoms. The van der Waals surface area contributed by atoms with E-state index in [0.717, 1.165) is 18.4 Å². The van der Waals surface area contributed by atoms with Crippen LogP contribution in [0.15, 0.2) is 24.3 Å². The first-order valence-corrected chi connectivity index (χ1v) is 9.97. The van der Waals surface area contributed by atoms with Crippen molar-refractivity contribution in [3.8, 4) is 0 Å². The highest BCUT2D eigenvalue weighted by Gasteiger charge is 2.43. The van der Waals surface area contributed by atoms with E-state index >= 15 is 0 Å². The van der Waals surface area contributed by atoms with Gasteiger partial charge in [0, 0.05) is 32.7 Å². The maximum absolute atomic E-state index is 13.0. The summed E-state index contributed by atoms with van der Waals surface area (Å²) in [6, 6.07) is 8.34. The molecule has 2 saturated heterocycles. The molecule has 2 N–H and O–H groups in total. The topological polar surface area (TPSA) is 72.9 Å². The molecule has 6 nitrogen and oxygen atoms in total. The van der Waals surface area contributed by atoms with Crippen LogP contribution < -0.4 is 5.32 Å². The molecule has 1 aromatic rings. The van der Waals surface area contributed by atoms with Gasteiger partial charge in [-0.3, -0.25) is 14.5 Å². The van der Waals surface area contributed by atoms with E-state index in [1.54, 1.807) is 4.90 Å². The molecule has 0 aromatic heterocycles. The molecule has 27 heavy (non-hydrogen) atoms. The summed E-state index contributed by atoms with van der Waals surface area (Å²) >= 11 is 0. The fraction of sp³-hybridized carbons (Fsp3) is 0.619. The number of hydrogen-bond acceptors (Lipinski definition) is 4. The molecule has 1 unspecified atom stereocenters. The van der Waals surface area contributed by atoms with Crippen molar-refractivity contribution in [2.45, 2.75) is 51.2 Å². The molecule has 2 fully saturated rings. The quantitative estimate of drug-likeness (QED) is 0.820. The number of rotatable bonds is 5. The molecular weight excluding hydrogens is 342 g/mol. The predicted octanol–water partition coefficient (Wildman–Crippen LogP) is 1.49. The zero-order valence-corrected chi connectivity index (χ0v) is 16.4. The van der Waals surface area contributed by atoms with E-state index in [-0.39, 0.29) is 24.9 Å². The standard InChI is InChI=1S/C21H31N3O3/c1-16(2)18-7-5-17(6-8-18)13-24-12-3-9-21(27,20(24)26)15-23-11-4-10-22-19(25)14-23/h5-8,16,27H,3-4,9-15H2,1-2H3,(H,22,25). The van der Waals surface area contributed by atoms with Crippen molar-refractivity contribution in [2.24, 2.45) is 0 Å². The van der Waals surface area contributed by atoms with Gasteiger partial charge in [-0.15, -0.1) is 0 Å². The third-order valence-electron chi connectivity index (χ3n) is 5.55. The van der Waals surface area contributed by atoms with Crippen molar-refractivity contribution in [1.29, 1.82) is 0 Å². The average Bonchev–Trinajstić information content (AvgIpc) is 2.83. The molecule has 1 aromatic carbocycles. The minimum Gasteiger partial charge on any atom is -0.379 e. The van der Waals surface area contributed by atoms with Crippen LogP contribution >= 0.6 is 0 Å². The number of nitrogens with one attached hydrogen (secondary N) is 1. The first-order valence-electron chi connectivity index (χ1n) is 9.97. The number of nitrogens with zero attached hydrogens (tertiary/aromatic N) is 2. The molecule has 0 aliphatic carbocycles. The monoisotopic (exact) mass is 373 g/mol. The molecule has 2 amide bonds. The second-order valence-corrected chi connectivity index (χ2v) is 8.17. The van der Waals surface area contributed by atoms with Gasteiger partial charge in [0.05, 0.1) is 6.54 Å². The Balaban J connectivity index is 1.66. The number of hydrogen-bond donors (Lipinski definition) is 2. The second kappa shape index (κ2) is 8.40. The molecule has 148 valence electrons. The fourth-order valence-electron chi connectivity index (χ4n) is 3.96. The van der Waals surface area contributed by atoms with Gasteiger partial charge in [0.25, 0.3) is 5.91 Å². The molecule has 1 atom stereocenters. The minimum absolute atomic E-state index is 0.0403. The molecule has 2 aliphatic heterocycles. The minimum atomic E-state index is -1.40. The number of β-amino-alcohol motifs (C(OH)–C–C–N with tert-alkyl or cyclic N) is 1. The lowest BCUT2D eigenvalue weighted by atomic mass is 9.90. The molecule has 0 radical (unpaired) electrons. The lowest BCUT2D eigenvalue weighted by Gasteiger charge is -2.40. The van der Waals surface area contributed by atoms with Crippen LogP contribution in [0.4, 0.5) is 0 Å². The molecule has 3 rings (SSSR count).